The molecule has 0 aliphatic rings. The van der Waals surface area contributed by atoms with Gasteiger partial charge in [-0.1, -0.05) is 43.3 Å². The lowest BCUT2D eigenvalue weighted by Crippen LogP contribution is -2.35. The number of nitrogens with one attached hydrogen (secondary N) is 2. The highest BCUT2D eigenvalue weighted by Gasteiger charge is 2.06. The van der Waals surface area contributed by atoms with E-state index in [4.69, 9.17) is 0 Å². The van der Waals surface area contributed by atoms with Crippen LogP contribution < -0.4 is 10.6 Å². The van der Waals surface area contributed by atoms with E-state index in [0.29, 0.717) is 6.42 Å². The second-order valence-corrected chi connectivity index (χ2v) is 4.42. The smallest absolute Gasteiger partial charge is 0.319 e. The molecule has 2 aromatic rings. The fourth-order valence-electron chi connectivity index (χ4n) is 1.86. The van der Waals surface area contributed by atoms with E-state index in [-0.39, 0.29) is 12.6 Å². The standard InChI is InChI=1S/C15H18N2O2/c1-2-12(18)10-16-15(19)17-14-9-5-7-11-6-3-4-8-13(11)14/h3-9,12,18H,2,10H2,1H3,(H2,16,17,19). The average Bonchev–Trinajstić information content (AvgIpc) is 2.45. The minimum Gasteiger partial charge on any atom is -0.391 e. The van der Waals surface area contributed by atoms with Crippen LogP contribution in [0, 0.1) is 0 Å². The highest BCUT2D eigenvalue weighted by Crippen LogP contribution is 2.22. The summed E-state index contributed by atoms with van der Waals surface area (Å²) in [5.74, 6) is 0. The molecule has 2 rings (SSSR count). The van der Waals surface area contributed by atoms with Crippen molar-refractivity contribution in [3.05, 3.63) is 42.5 Å². The minimum atomic E-state index is -0.502. The van der Waals surface area contributed by atoms with Crippen molar-refractivity contribution in [1.82, 2.24) is 5.32 Å². The molecule has 19 heavy (non-hydrogen) atoms. The molecule has 0 saturated heterocycles. The number of hydrogen-bond donors (Lipinski definition) is 3. The number of amides is 2. The third kappa shape index (κ3) is 3.45. The highest BCUT2D eigenvalue weighted by atomic mass is 16.3. The molecule has 4 nitrogen and oxygen atoms in total. The van der Waals surface area contributed by atoms with Crippen molar-refractivity contribution in [2.75, 3.05) is 11.9 Å². The van der Waals surface area contributed by atoms with Gasteiger partial charge >= 0.3 is 6.03 Å². The molecule has 0 aliphatic heterocycles. The van der Waals surface area contributed by atoms with E-state index >= 15 is 0 Å². The van der Waals surface area contributed by atoms with E-state index in [1.54, 1.807) is 0 Å². The topological polar surface area (TPSA) is 61.4 Å². The van der Waals surface area contributed by atoms with Crippen molar-refractivity contribution >= 4 is 22.5 Å². The zero-order valence-electron chi connectivity index (χ0n) is 10.9. The predicted molar refractivity (Wildman–Crippen MR) is 77.3 cm³/mol. The van der Waals surface area contributed by atoms with Gasteiger partial charge < -0.3 is 15.7 Å². The Morgan fingerprint density at radius 1 is 1.21 bits per heavy atom. The van der Waals surface area contributed by atoms with Gasteiger partial charge in [-0.3, -0.25) is 0 Å². The van der Waals surface area contributed by atoms with E-state index in [9.17, 15) is 9.90 Å². The molecule has 0 aliphatic carbocycles. The van der Waals surface area contributed by atoms with Gasteiger partial charge in [0.2, 0.25) is 0 Å². The maximum Gasteiger partial charge on any atom is 0.319 e. The van der Waals surface area contributed by atoms with Crippen LogP contribution in [0.15, 0.2) is 42.5 Å². The van der Waals surface area contributed by atoms with Gasteiger partial charge in [-0.25, -0.2) is 4.79 Å². The normalized spacial score (nSPS) is 12.1. The van der Waals surface area contributed by atoms with Gasteiger partial charge in [-0.2, -0.15) is 0 Å². The Bertz CT molecular complexity index is 564. The second-order valence-electron chi connectivity index (χ2n) is 4.42. The number of rotatable bonds is 4. The summed E-state index contributed by atoms with van der Waals surface area (Å²) in [4.78, 5) is 11.7. The highest BCUT2D eigenvalue weighted by molar-refractivity contribution is 6.01. The Morgan fingerprint density at radius 2 is 1.95 bits per heavy atom. The molecule has 3 N–H and O–H groups in total. The molecular weight excluding hydrogens is 240 g/mol. The van der Waals surface area contributed by atoms with Crippen LogP contribution >= 0.6 is 0 Å². The SMILES string of the molecule is CCC(O)CNC(=O)Nc1cccc2ccccc12. The van der Waals surface area contributed by atoms with E-state index in [0.717, 1.165) is 16.5 Å². The monoisotopic (exact) mass is 258 g/mol. The molecule has 0 aromatic heterocycles. The van der Waals surface area contributed by atoms with E-state index in [1.807, 2.05) is 49.4 Å². The number of hydrogen-bond acceptors (Lipinski definition) is 2. The van der Waals surface area contributed by atoms with E-state index < -0.39 is 6.10 Å². The molecule has 1 atom stereocenters. The van der Waals surface area contributed by atoms with Crippen molar-refractivity contribution in [3.8, 4) is 0 Å². The molecule has 0 fully saturated rings. The summed E-state index contributed by atoms with van der Waals surface area (Å²) in [6.07, 6.45) is 0.118. The first-order valence-corrected chi connectivity index (χ1v) is 6.41. The summed E-state index contributed by atoms with van der Waals surface area (Å²) in [7, 11) is 0. The van der Waals surface area contributed by atoms with Gasteiger partial charge in [0.05, 0.1) is 11.8 Å². The first kappa shape index (κ1) is 13.4. The molecule has 2 aromatic carbocycles. The van der Waals surface area contributed by atoms with Crippen molar-refractivity contribution < 1.29 is 9.90 Å². The van der Waals surface area contributed by atoms with Crippen LogP contribution in [-0.2, 0) is 0 Å². The average molecular weight is 258 g/mol. The number of urea groups is 1. The molecule has 0 spiro atoms. The Morgan fingerprint density at radius 3 is 2.74 bits per heavy atom. The first-order valence-electron chi connectivity index (χ1n) is 6.41. The van der Waals surface area contributed by atoms with Crippen LogP contribution in [0.3, 0.4) is 0 Å². The number of aliphatic hydroxyl groups excluding tert-OH is 1. The summed E-state index contributed by atoms with van der Waals surface area (Å²) in [5.41, 5.74) is 0.765. The van der Waals surface area contributed by atoms with Crippen LogP contribution in [-0.4, -0.2) is 23.8 Å². The van der Waals surface area contributed by atoms with Gasteiger partial charge in [0.1, 0.15) is 0 Å². The van der Waals surface area contributed by atoms with Crippen LogP contribution in [0.5, 0.6) is 0 Å². The van der Waals surface area contributed by atoms with Crippen molar-refractivity contribution in [1.29, 1.82) is 0 Å². The van der Waals surface area contributed by atoms with E-state index in [1.165, 1.54) is 0 Å². The van der Waals surface area contributed by atoms with Crippen molar-refractivity contribution in [2.24, 2.45) is 0 Å². The lowest BCUT2D eigenvalue weighted by molar-refractivity contribution is 0.168. The Labute approximate surface area is 112 Å². The predicted octanol–water partition coefficient (Wildman–Crippen LogP) is 2.73. The minimum absolute atomic E-state index is 0.257. The lowest BCUT2D eigenvalue weighted by Gasteiger charge is -2.12. The van der Waals surface area contributed by atoms with Crippen LogP contribution in [0.25, 0.3) is 10.8 Å². The van der Waals surface area contributed by atoms with Crippen LogP contribution in [0.1, 0.15) is 13.3 Å². The van der Waals surface area contributed by atoms with E-state index in [2.05, 4.69) is 10.6 Å². The molecule has 4 heteroatoms. The van der Waals surface area contributed by atoms with Crippen molar-refractivity contribution in [2.45, 2.75) is 19.4 Å². The van der Waals surface area contributed by atoms with Gasteiger partial charge in [0.25, 0.3) is 0 Å². The lowest BCUT2D eigenvalue weighted by atomic mass is 10.1. The third-order valence-electron chi connectivity index (χ3n) is 3.01. The number of carbonyl (C=O) groups excluding carboxylic acids is 1. The number of fused-ring (bicyclic) bond motifs is 1. The number of anilines is 1. The Hall–Kier alpha value is -2.07. The number of carbonyl (C=O) groups is 1. The van der Waals surface area contributed by atoms with Gasteiger partial charge in [0, 0.05) is 11.9 Å². The summed E-state index contributed by atoms with van der Waals surface area (Å²) in [6.45, 7) is 2.13. The van der Waals surface area contributed by atoms with Crippen LogP contribution in [0.2, 0.25) is 0 Å². The quantitative estimate of drug-likeness (QED) is 0.789. The first-order chi connectivity index (χ1) is 9.20. The summed E-state index contributed by atoms with van der Waals surface area (Å²) < 4.78 is 0. The largest absolute Gasteiger partial charge is 0.391 e. The Balaban J connectivity index is 2.07. The fourth-order valence-corrected chi connectivity index (χ4v) is 1.86. The molecular formula is C15H18N2O2. The van der Waals surface area contributed by atoms with Gasteiger partial charge in [-0.05, 0) is 17.9 Å². The summed E-state index contributed by atoms with van der Waals surface area (Å²) in [6, 6.07) is 13.3. The third-order valence-corrected chi connectivity index (χ3v) is 3.01. The molecule has 0 heterocycles. The fraction of sp³-hybridized carbons (Fsp3) is 0.267. The zero-order chi connectivity index (χ0) is 13.7. The Kier molecular flexibility index (Phi) is 4.36. The number of aliphatic hydroxyl groups is 1. The van der Waals surface area contributed by atoms with Gasteiger partial charge in [-0.15, -0.1) is 0 Å². The zero-order valence-corrected chi connectivity index (χ0v) is 10.9. The maximum absolute atomic E-state index is 11.7. The number of benzene rings is 2. The molecule has 0 bridgehead atoms. The maximum atomic E-state index is 11.7. The molecule has 100 valence electrons. The molecule has 1 unspecified atom stereocenters. The summed E-state index contributed by atoms with van der Waals surface area (Å²) in [5, 5.41) is 16.9. The second kappa shape index (κ2) is 6.20. The van der Waals surface area contributed by atoms with Crippen LogP contribution in [0.4, 0.5) is 10.5 Å². The summed E-state index contributed by atoms with van der Waals surface area (Å²) >= 11 is 0. The van der Waals surface area contributed by atoms with Gasteiger partial charge in [0.15, 0.2) is 0 Å². The molecule has 0 radical (unpaired) electrons. The molecule has 0 saturated carbocycles. The molecule has 2 amide bonds. The van der Waals surface area contributed by atoms with Crippen molar-refractivity contribution in [3.63, 3.8) is 0 Å².